The predicted molar refractivity (Wildman–Crippen MR) is 113 cm³/mol. The van der Waals surface area contributed by atoms with Crippen LogP contribution in [0.15, 0.2) is 42.5 Å². The molecular formula is C23H29N3O2. The molecule has 1 unspecified atom stereocenters. The molecule has 0 aromatic heterocycles. The molecule has 2 aromatic rings. The number of nitrogens with zero attached hydrogens (tertiary/aromatic N) is 2. The molecule has 1 fully saturated rings. The molecule has 4 rings (SSSR count). The van der Waals surface area contributed by atoms with Gasteiger partial charge >= 0.3 is 0 Å². The van der Waals surface area contributed by atoms with Gasteiger partial charge in [-0.3, -0.25) is 4.79 Å². The Kier molecular flexibility index (Phi) is 5.53. The highest BCUT2D eigenvalue weighted by molar-refractivity contribution is 5.94. The summed E-state index contributed by atoms with van der Waals surface area (Å²) in [5, 5.41) is 2.96. The lowest BCUT2D eigenvalue weighted by Crippen LogP contribution is -2.44. The van der Waals surface area contributed by atoms with Crippen LogP contribution in [-0.4, -0.2) is 50.1 Å². The Labute approximate surface area is 167 Å². The average molecular weight is 380 g/mol. The molecule has 0 radical (unpaired) electrons. The van der Waals surface area contributed by atoms with E-state index < -0.39 is 6.10 Å². The van der Waals surface area contributed by atoms with E-state index in [9.17, 15) is 4.79 Å². The summed E-state index contributed by atoms with van der Waals surface area (Å²) in [5.41, 5.74) is 4.76. The van der Waals surface area contributed by atoms with Gasteiger partial charge in [0.2, 0.25) is 0 Å². The molecule has 1 N–H and O–H groups in total. The lowest BCUT2D eigenvalue weighted by Gasteiger charge is -2.34. The minimum Gasteiger partial charge on any atom is -0.481 e. The first-order valence-corrected chi connectivity index (χ1v) is 10.2. The maximum Gasteiger partial charge on any atom is 0.265 e. The van der Waals surface area contributed by atoms with Crippen molar-refractivity contribution in [3.8, 4) is 5.75 Å². The minimum absolute atomic E-state index is 0.132. The van der Waals surface area contributed by atoms with Gasteiger partial charge in [0.15, 0.2) is 6.10 Å². The summed E-state index contributed by atoms with van der Waals surface area (Å²) in [5.74, 6) is 0.640. The second-order valence-corrected chi connectivity index (χ2v) is 7.87. The van der Waals surface area contributed by atoms with E-state index in [1.165, 1.54) is 23.2 Å². The van der Waals surface area contributed by atoms with Gasteiger partial charge in [-0.2, -0.15) is 0 Å². The van der Waals surface area contributed by atoms with Crippen LogP contribution in [0.3, 0.4) is 0 Å². The lowest BCUT2D eigenvalue weighted by molar-refractivity contribution is -0.122. The van der Waals surface area contributed by atoms with Crippen molar-refractivity contribution in [2.75, 3.05) is 43.4 Å². The summed E-state index contributed by atoms with van der Waals surface area (Å²) in [7, 11) is 2.15. The Hall–Kier alpha value is -2.53. The van der Waals surface area contributed by atoms with E-state index in [0.29, 0.717) is 0 Å². The molecule has 0 saturated carbocycles. The highest BCUT2D eigenvalue weighted by Crippen LogP contribution is 2.26. The molecule has 2 aliphatic rings. The number of benzene rings is 2. The number of amides is 1. The van der Waals surface area contributed by atoms with Crippen LogP contribution < -0.4 is 15.0 Å². The van der Waals surface area contributed by atoms with E-state index in [0.717, 1.165) is 50.5 Å². The van der Waals surface area contributed by atoms with E-state index in [1.807, 2.05) is 18.2 Å². The van der Waals surface area contributed by atoms with Gasteiger partial charge in [-0.25, -0.2) is 0 Å². The molecule has 5 heteroatoms. The van der Waals surface area contributed by atoms with Crippen LogP contribution in [0.25, 0.3) is 0 Å². The van der Waals surface area contributed by atoms with Crippen LogP contribution >= 0.6 is 0 Å². The number of piperazine rings is 1. The zero-order chi connectivity index (χ0) is 19.5. The number of rotatable bonds is 5. The van der Waals surface area contributed by atoms with Crippen molar-refractivity contribution in [1.82, 2.24) is 4.90 Å². The number of hydrogen-bond donors (Lipinski definition) is 1. The first-order valence-electron chi connectivity index (χ1n) is 10.2. The van der Waals surface area contributed by atoms with Crippen molar-refractivity contribution in [2.24, 2.45) is 0 Å². The second kappa shape index (κ2) is 8.23. The standard InChI is InChI=1S/C23H29N3O2/c1-17(28-22-11-6-18-4-3-5-19(18)16-22)23(27)24-20-7-9-21(10-8-20)26-14-12-25(2)13-15-26/h6-11,16-17H,3-5,12-15H2,1-2H3,(H,24,27). The molecule has 1 saturated heterocycles. The largest absolute Gasteiger partial charge is 0.481 e. The van der Waals surface area contributed by atoms with Crippen LogP contribution in [0.4, 0.5) is 11.4 Å². The fraction of sp³-hybridized carbons (Fsp3) is 0.435. The fourth-order valence-electron chi connectivity index (χ4n) is 3.94. The zero-order valence-corrected chi connectivity index (χ0v) is 16.8. The summed E-state index contributed by atoms with van der Waals surface area (Å²) >= 11 is 0. The number of likely N-dealkylation sites (N-methyl/N-ethyl adjacent to an activating group) is 1. The van der Waals surface area contributed by atoms with Gasteiger partial charge in [0, 0.05) is 37.6 Å². The topological polar surface area (TPSA) is 44.8 Å². The highest BCUT2D eigenvalue weighted by atomic mass is 16.5. The Bertz CT molecular complexity index is 826. The summed E-state index contributed by atoms with van der Waals surface area (Å²) in [6, 6.07) is 14.3. The number of aryl methyl sites for hydroxylation is 2. The predicted octanol–water partition coefficient (Wildman–Crippen LogP) is 3.33. The molecular weight excluding hydrogens is 350 g/mol. The van der Waals surface area contributed by atoms with Crippen molar-refractivity contribution in [3.63, 3.8) is 0 Å². The Morgan fingerprint density at radius 1 is 1.00 bits per heavy atom. The van der Waals surface area contributed by atoms with Gasteiger partial charge in [-0.05, 0) is 80.8 Å². The normalized spacial score (nSPS) is 17.9. The van der Waals surface area contributed by atoms with Gasteiger partial charge in [0.25, 0.3) is 5.91 Å². The van der Waals surface area contributed by atoms with Gasteiger partial charge in [0.1, 0.15) is 5.75 Å². The molecule has 28 heavy (non-hydrogen) atoms. The van der Waals surface area contributed by atoms with E-state index >= 15 is 0 Å². The fourth-order valence-corrected chi connectivity index (χ4v) is 3.94. The quantitative estimate of drug-likeness (QED) is 0.866. The average Bonchev–Trinajstić information content (AvgIpc) is 3.17. The van der Waals surface area contributed by atoms with E-state index in [-0.39, 0.29) is 5.91 Å². The molecule has 1 aliphatic heterocycles. The van der Waals surface area contributed by atoms with Gasteiger partial charge < -0.3 is 19.9 Å². The van der Waals surface area contributed by atoms with Crippen molar-refractivity contribution < 1.29 is 9.53 Å². The van der Waals surface area contributed by atoms with Crippen LogP contribution in [0.2, 0.25) is 0 Å². The Morgan fingerprint density at radius 3 is 2.46 bits per heavy atom. The molecule has 1 amide bonds. The SMILES string of the molecule is CC(Oc1ccc2c(c1)CCC2)C(=O)Nc1ccc(N2CCN(C)CC2)cc1. The smallest absolute Gasteiger partial charge is 0.265 e. The summed E-state index contributed by atoms with van der Waals surface area (Å²) < 4.78 is 5.88. The Morgan fingerprint density at radius 2 is 1.71 bits per heavy atom. The maximum absolute atomic E-state index is 12.5. The van der Waals surface area contributed by atoms with Crippen molar-refractivity contribution >= 4 is 17.3 Å². The molecule has 0 spiro atoms. The first kappa shape index (κ1) is 18.8. The Balaban J connectivity index is 1.32. The van der Waals surface area contributed by atoms with Crippen LogP contribution in [0.1, 0.15) is 24.5 Å². The molecule has 2 aromatic carbocycles. The number of carbonyl (C=O) groups is 1. The number of anilines is 2. The molecule has 1 atom stereocenters. The van der Waals surface area contributed by atoms with Gasteiger partial charge in [0.05, 0.1) is 0 Å². The van der Waals surface area contributed by atoms with E-state index in [1.54, 1.807) is 6.92 Å². The molecule has 5 nitrogen and oxygen atoms in total. The number of nitrogens with one attached hydrogen (secondary N) is 1. The van der Waals surface area contributed by atoms with Crippen molar-refractivity contribution in [1.29, 1.82) is 0 Å². The van der Waals surface area contributed by atoms with Gasteiger partial charge in [-0.1, -0.05) is 6.07 Å². The third kappa shape index (κ3) is 4.30. The van der Waals surface area contributed by atoms with Crippen LogP contribution in [0, 0.1) is 0 Å². The van der Waals surface area contributed by atoms with Crippen molar-refractivity contribution in [2.45, 2.75) is 32.3 Å². The number of carbonyl (C=O) groups excluding carboxylic acids is 1. The summed E-state index contributed by atoms with van der Waals surface area (Å²) in [6.45, 7) is 6.02. The number of hydrogen-bond acceptors (Lipinski definition) is 4. The highest BCUT2D eigenvalue weighted by Gasteiger charge is 2.18. The third-order valence-corrected chi connectivity index (χ3v) is 5.76. The second-order valence-electron chi connectivity index (χ2n) is 7.87. The minimum atomic E-state index is -0.545. The monoisotopic (exact) mass is 379 g/mol. The van der Waals surface area contributed by atoms with Crippen LogP contribution in [-0.2, 0) is 17.6 Å². The molecule has 1 heterocycles. The first-order chi connectivity index (χ1) is 13.6. The molecule has 0 bridgehead atoms. The van der Waals surface area contributed by atoms with E-state index in [2.05, 4.69) is 46.4 Å². The maximum atomic E-state index is 12.5. The van der Waals surface area contributed by atoms with Gasteiger partial charge in [-0.15, -0.1) is 0 Å². The summed E-state index contributed by atoms with van der Waals surface area (Å²) in [6.07, 6.45) is 2.92. The zero-order valence-electron chi connectivity index (χ0n) is 16.8. The summed E-state index contributed by atoms with van der Waals surface area (Å²) in [4.78, 5) is 17.2. The third-order valence-electron chi connectivity index (χ3n) is 5.76. The van der Waals surface area contributed by atoms with Crippen molar-refractivity contribution in [3.05, 3.63) is 53.6 Å². The molecule has 1 aliphatic carbocycles. The number of fused-ring (bicyclic) bond motifs is 1. The van der Waals surface area contributed by atoms with Crippen LogP contribution in [0.5, 0.6) is 5.75 Å². The number of ether oxygens (including phenoxy) is 1. The van der Waals surface area contributed by atoms with E-state index in [4.69, 9.17) is 4.74 Å². The lowest BCUT2D eigenvalue weighted by atomic mass is 10.1. The molecule has 148 valence electrons.